The van der Waals surface area contributed by atoms with Crippen LogP contribution in [0.15, 0.2) is 70.7 Å². The minimum Gasteiger partial charge on any atom is -0.423 e. The van der Waals surface area contributed by atoms with Crippen molar-refractivity contribution < 1.29 is 36.5 Å². The van der Waals surface area contributed by atoms with Crippen LogP contribution in [0.25, 0.3) is 11.4 Å². The summed E-state index contributed by atoms with van der Waals surface area (Å²) in [6, 6.07) is 12.4. The van der Waals surface area contributed by atoms with Crippen molar-refractivity contribution in [3.05, 3.63) is 66.2 Å². The molecule has 0 bridgehead atoms. The third-order valence-corrected chi connectivity index (χ3v) is 14.4. The van der Waals surface area contributed by atoms with Crippen LogP contribution in [0.2, 0.25) is 5.28 Å². The number of nitrogens with zero attached hydrogens (tertiary/aromatic N) is 8. The van der Waals surface area contributed by atoms with Crippen LogP contribution in [0.1, 0.15) is 78.1 Å². The van der Waals surface area contributed by atoms with Gasteiger partial charge in [-0.25, -0.2) is 31.8 Å². The monoisotopic (exact) mass is 908 g/mol. The zero-order chi connectivity index (χ0) is 45.1. The van der Waals surface area contributed by atoms with Crippen molar-refractivity contribution in [3.63, 3.8) is 0 Å². The average Bonchev–Trinajstić information content (AvgIpc) is 3.99. The summed E-state index contributed by atoms with van der Waals surface area (Å²) >= 11 is 5.97. The van der Waals surface area contributed by atoms with Gasteiger partial charge in [-0.15, -0.1) is 0 Å². The van der Waals surface area contributed by atoms with E-state index in [-0.39, 0.29) is 44.4 Å². The van der Waals surface area contributed by atoms with Gasteiger partial charge >= 0.3 is 7.12 Å². The van der Waals surface area contributed by atoms with Crippen molar-refractivity contribution in [2.45, 2.75) is 112 Å². The van der Waals surface area contributed by atoms with E-state index in [2.05, 4.69) is 24.8 Å². The zero-order valence-electron chi connectivity index (χ0n) is 35.8. The van der Waals surface area contributed by atoms with Crippen LogP contribution in [0.5, 0.6) is 0 Å². The maximum Gasteiger partial charge on any atom is 0.488 e. The van der Waals surface area contributed by atoms with Crippen LogP contribution in [-0.4, -0.2) is 117 Å². The number of halogens is 1. The second-order valence-corrected chi connectivity index (χ2v) is 20.5. The number of sulfone groups is 2. The highest BCUT2D eigenvalue weighted by atomic mass is 35.5. The number of carbonyl (C=O) groups excluding carboxylic acids is 2. The van der Waals surface area contributed by atoms with E-state index in [4.69, 9.17) is 26.6 Å². The summed E-state index contributed by atoms with van der Waals surface area (Å²) in [5.41, 5.74) is 2.51. The molecule has 2 saturated carbocycles. The quantitative estimate of drug-likeness (QED) is 0.185. The van der Waals surface area contributed by atoms with Crippen molar-refractivity contribution in [2.75, 3.05) is 46.2 Å². The molecular formula is C42H54BClN8O8S2. The third kappa shape index (κ3) is 10.1. The van der Waals surface area contributed by atoms with Crippen molar-refractivity contribution in [1.82, 2.24) is 19.9 Å². The SMILES string of the molecule is CC[C@@H]1C(=O)N(C)c2cnc(-c3ccc(S(C)(=O)=O)cc3)nc2N1C1CCCC1.CC[C@@H]1C(=O)N(C)c2cnc(Cl)nc2N1C1CCCC1.CS(=O)(=O)c1ccc(B(O)O)cc1. The zero-order valence-corrected chi connectivity index (χ0v) is 38.2. The Morgan fingerprint density at radius 3 is 1.47 bits per heavy atom. The minimum absolute atomic E-state index is 0.0840. The number of rotatable bonds is 8. The van der Waals surface area contributed by atoms with Crippen LogP contribution in [0.3, 0.4) is 0 Å². The summed E-state index contributed by atoms with van der Waals surface area (Å²) in [7, 11) is -4.46. The number of amides is 2. The number of hydrogen-bond donors (Lipinski definition) is 2. The van der Waals surface area contributed by atoms with Crippen LogP contribution < -0.4 is 25.1 Å². The molecule has 0 spiro atoms. The molecule has 2 amide bonds. The molecule has 2 aromatic carbocycles. The first-order valence-electron chi connectivity index (χ1n) is 20.8. The Hall–Kier alpha value is -4.69. The van der Waals surface area contributed by atoms with Gasteiger partial charge in [0.2, 0.25) is 17.1 Å². The summed E-state index contributed by atoms with van der Waals surface area (Å²) < 4.78 is 45.4. The van der Waals surface area contributed by atoms with E-state index in [1.54, 1.807) is 60.6 Å². The van der Waals surface area contributed by atoms with E-state index in [1.165, 1.54) is 56.2 Å². The Morgan fingerprint density at radius 1 is 0.661 bits per heavy atom. The summed E-state index contributed by atoms with van der Waals surface area (Å²) in [5.74, 6) is 2.34. The van der Waals surface area contributed by atoms with Gasteiger partial charge in [0.05, 0.1) is 22.2 Å². The first-order chi connectivity index (χ1) is 29.3. The van der Waals surface area contributed by atoms with Gasteiger partial charge in [0.25, 0.3) is 0 Å². The molecule has 4 aromatic rings. The molecule has 2 aliphatic heterocycles. The van der Waals surface area contributed by atoms with Gasteiger partial charge in [0, 0.05) is 44.3 Å². The number of benzene rings is 2. The first kappa shape index (κ1) is 46.8. The Balaban J connectivity index is 0.000000168. The highest BCUT2D eigenvalue weighted by Gasteiger charge is 2.42. The number of likely N-dealkylation sites (N-methyl/N-ethyl adjacent to an activating group) is 2. The molecule has 8 rings (SSSR count). The fourth-order valence-electron chi connectivity index (χ4n) is 8.62. The standard InChI is InChI=1S/C21H26N4O3S.C14H19ClN4O.C7H9BO4S/c1-4-17-21(26)24(2)18-13-22-19(14-9-11-16(12-10-14)29(3,27)28)23-20(18)25(17)15-7-5-6-8-15;1-3-10-13(20)18(2)11-8-16-14(15)17-12(11)19(10)9-6-4-5-7-9;1-13(11,12)7-4-2-6(3-5-7)8(9)10/h9-13,15,17H,4-8H2,1-3H3;8-10H,3-7H2,1-2H3;2-5,9-10H,1H3/t17-;10-;/m11./s1. The lowest BCUT2D eigenvalue weighted by molar-refractivity contribution is -0.120. The third-order valence-electron chi connectivity index (χ3n) is 11.9. The molecule has 4 aliphatic rings. The van der Waals surface area contributed by atoms with Gasteiger partial charge in [0.15, 0.2) is 37.1 Å². The molecule has 0 unspecified atom stereocenters. The predicted molar refractivity (Wildman–Crippen MR) is 241 cm³/mol. The molecule has 2 N–H and O–H groups in total. The first-order valence-corrected chi connectivity index (χ1v) is 25.0. The molecular weight excluding hydrogens is 855 g/mol. The number of anilines is 4. The molecule has 0 saturated heterocycles. The van der Waals surface area contributed by atoms with Crippen LogP contribution in [0, 0.1) is 0 Å². The molecule has 2 atom stereocenters. The topological polar surface area (TPSA) is 207 Å². The second-order valence-electron chi connectivity index (χ2n) is 16.1. The normalized spacial score (nSPS) is 19.4. The Kier molecular flexibility index (Phi) is 14.6. The van der Waals surface area contributed by atoms with Crippen LogP contribution in [0.4, 0.5) is 23.0 Å². The fraction of sp³-hybridized carbons (Fsp3) is 0.476. The summed E-state index contributed by atoms with van der Waals surface area (Å²) in [6.07, 6.45) is 16.3. The number of fused-ring (bicyclic) bond motifs is 2. The highest BCUT2D eigenvalue weighted by molar-refractivity contribution is 7.91. The van der Waals surface area contributed by atoms with E-state index >= 15 is 0 Å². The Morgan fingerprint density at radius 2 is 1.06 bits per heavy atom. The van der Waals surface area contributed by atoms with Crippen molar-refractivity contribution in [3.8, 4) is 11.4 Å². The van der Waals surface area contributed by atoms with Gasteiger partial charge in [0.1, 0.15) is 23.5 Å². The summed E-state index contributed by atoms with van der Waals surface area (Å²) in [5, 5.41) is 17.7. The van der Waals surface area contributed by atoms with Crippen molar-refractivity contribution in [1.29, 1.82) is 0 Å². The lowest BCUT2D eigenvalue weighted by Gasteiger charge is -2.43. The Bertz CT molecular complexity index is 2470. The van der Waals surface area contributed by atoms with E-state index < -0.39 is 26.8 Å². The van der Waals surface area contributed by atoms with E-state index in [0.29, 0.717) is 17.9 Å². The van der Waals surface area contributed by atoms with Crippen molar-refractivity contribution in [2.24, 2.45) is 0 Å². The van der Waals surface area contributed by atoms with E-state index in [9.17, 15) is 26.4 Å². The molecule has 62 heavy (non-hydrogen) atoms. The van der Waals surface area contributed by atoms with Crippen molar-refractivity contribution >= 4 is 78.7 Å². The molecule has 332 valence electrons. The summed E-state index contributed by atoms with van der Waals surface area (Å²) in [6.45, 7) is 4.08. The van der Waals surface area contributed by atoms with Gasteiger partial charge in [-0.2, -0.15) is 4.98 Å². The number of aromatic nitrogens is 4. The van der Waals surface area contributed by atoms with Crippen LogP contribution >= 0.6 is 11.6 Å². The smallest absolute Gasteiger partial charge is 0.423 e. The maximum atomic E-state index is 12.9. The molecule has 16 nitrogen and oxygen atoms in total. The molecule has 2 aromatic heterocycles. The van der Waals surface area contributed by atoms with E-state index in [0.717, 1.165) is 73.4 Å². The predicted octanol–water partition coefficient (Wildman–Crippen LogP) is 4.46. The number of hydrogen-bond acceptors (Lipinski definition) is 14. The van der Waals surface area contributed by atoms with E-state index in [1.807, 2.05) is 13.8 Å². The molecule has 0 radical (unpaired) electrons. The second kappa shape index (κ2) is 19.4. The molecule has 20 heteroatoms. The van der Waals surface area contributed by atoms with Gasteiger partial charge < -0.3 is 29.6 Å². The van der Waals surface area contributed by atoms with Gasteiger partial charge in [-0.3, -0.25) is 9.59 Å². The lowest BCUT2D eigenvalue weighted by atomic mass is 9.81. The lowest BCUT2D eigenvalue weighted by Crippen LogP contribution is -2.55. The average molecular weight is 909 g/mol. The summed E-state index contributed by atoms with van der Waals surface area (Å²) in [4.78, 5) is 51.4. The Labute approximate surface area is 369 Å². The van der Waals surface area contributed by atoms with Crippen LogP contribution in [-0.2, 0) is 29.3 Å². The largest absolute Gasteiger partial charge is 0.488 e. The number of carbonyl (C=O) groups is 2. The highest BCUT2D eigenvalue weighted by Crippen LogP contribution is 2.41. The molecule has 4 heterocycles. The van der Waals surface area contributed by atoms with Gasteiger partial charge in [-0.1, -0.05) is 51.7 Å². The maximum absolute atomic E-state index is 12.9. The molecule has 2 aliphatic carbocycles. The van der Waals surface area contributed by atoms with Gasteiger partial charge in [-0.05, 0) is 92.0 Å². The molecule has 2 fully saturated rings. The fourth-order valence-corrected chi connectivity index (χ4v) is 10.0. The minimum atomic E-state index is -3.25.